The van der Waals surface area contributed by atoms with Crippen molar-refractivity contribution in [1.82, 2.24) is 0 Å². The van der Waals surface area contributed by atoms with Crippen LogP contribution in [0.15, 0.2) is 0 Å². The van der Waals surface area contributed by atoms with Crippen LogP contribution in [0.5, 0.6) is 0 Å². The lowest BCUT2D eigenvalue weighted by atomic mass is 9.84. The summed E-state index contributed by atoms with van der Waals surface area (Å²) >= 11 is 3.62. The molecule has 2 rings (SSSR count). The van der Waals surface area contributed by atoms with Crippen molar-refractivity contribution >= 4 is 15.9 Å². The summed E-state index contributed by atoms with van der Waals surface area (Å²) in [5.41, 5.74) is 0.513. The van der Waals surface area contributed by atoms with Crippen LogP contribution in [-0.2, 0) is 4.74 Å². The predicted octanol–water partition coefficient (Wildman–Crippen LogP) is 2.73. The lowest BCUT2D eigenvalue weighted by molar-refractivity contribution is 0.0381. The van der Waals surface area contributed by atoms with Crippen LogP contribution in [0.25, 0.3) is 0 Å². The molecule has 0 aromatic heterocycles. The number of rotatable bonds is 1. The molecule has 1 nitrogen and oxygen atoms in total. The molecule has 1 heterocycles. The number of alkyl halides is 1. The van der Waals surface area contributed by atoms with Crippen LogP contribution >= 0.6 is 15.9 Å². The molecular formula is C9H15BrO. The van der Waals surface area contributed by atoms with Crippen LogP contribution in [0, 0.1) is 5.41 Å². The van der Waals surface area contributed by atoms with Crippen LogP contribution < -0.4 is 0 Å². The van der Waals surface area contributed by atoms with Gasteiger partial charge in [-0.3, -0.25) is 0 Å². The van der Waals surface area contributed by atoms with Gasteiger partial charge in [0.1, 0.15) is 0 Å². The Bertz CT molecular complexity index is 160. The molecule has 0 aromatic rings. The maximum atomic E-state index is 5.85. The highest BCUT2D eigenvalue weighted by molar-refractivity contribution is 9.09. The van der Waals surface area contributed by atoms with E-state index >= 15 is 0 Å². The Morgan fingerprint density at radius 2 is 2.45 bits per heavy atom. The lowest BCUT2D eigenvalue weighted by Crippen LogP contribution is -2.26. The van der Waals surface area contributed by atoms with Crippen molar-refractivity contribution in [2.24, 2.45) is 5.41 Å². The van der Waals surface area contributed by atoms with E-state index in [-0.39, 0.29) is 0 Å². The minimum absolute atomic E-state index is 0.498. The van der Waals surface area contributed by atoms with Gasteiger partial charge in [-0.25, -0.2) is 0 Å². The maximum Gasteiger partial charge on any atom is 0.0643 e. The summed E-state index contributed by atoms with van der Waals surface area (Å²) in [6, 6.07) is 0. The molecule has 0 unspecified atom stereocenters. The molecule has 0 amide bonds. The SMILES string of the molecule is C[C@@H]1C[C@@]2(CBr)CCC[C@@H]2O1. The second-order valence-electron chi connectivity index (χ2n) is 4.03. The van der Waals surface area contributed by atoms with E-state index < -0.39 is 0 Å². The van der Waals surface area contributed by atoms with Gasteiger partial charge in [-0.15, -0.1) is 0 Å². The molecule has 2 fully saturated rings. The second-order valence-corrected chi connectivity index (χ2v) is 4.59. The first-order valence-corrected chi connectivity index (χ1v) is 5.60. The highest BCUT2D eigenvalue weighted by Gasteiger charge is 2.49. The molecule has 1 saturated heterocycles. The van der Waals surface area contributed by atoms with E-state index in [2.05, 4.69) is 22.9 Å². The first-order chi connectivity index (χ1) is 5.27. The molecule has 0 N–H and O–H groups in total. The van der Waals surface area contributed by atoms with Crippen molar-refractivity contribution in [3.8, 4) is 0 Å². The smallest absolute Gasteiger partial charge is 0.0643 e. The van der Waals surface area contributed by atoms with Crippen LogP contribution in [0.2, 0.25) is 0 Å². The van der Waals surface area contributed by atoms with Crippen molar-refractivity contribution in [2.45, 2.75) is 44.8 Å². The standard InChI is InChI=1S/C9H15BrO/c1-7-5-9(6-10)4-2-3-8(9)11-7/h7-8H,2-6H2,1H3/t7-,8+,9-/m1/s1. The van der Waals surface area contributed by atoms with E-state index in [0.29, 0.717) is 17.6 Å². The van der Waals surface area contributed by atoms with Crippen LogP contribution in [0.3, 0.4) is 0 Å². The summed E-state index contributed by atoms with van der Waals surface area (Å²) in [7, 11) is 0. The van der Waals surface area contributed by atoms with Gasteiger partial charge < -0.3 is 4.74 Å². The van der Waals surface area contributed by atoms with E-state index in [1.165, 1.54) is 25.7 Å². The van der Waals surface area contributed by atoms with Gasteiger partial charge in [0, 0.05) is 10.7 Å². The van der Waals surface area contributed by atoms with Gasteiger partial charge in [0.25, 0.3) is 0 Å². The molecule has 3 atom stereocenters. The fourth-order valence-electron chi connectivity index (χ4n) is 2.66. The fraction of sp³-hybridized carbons (Fsp3) is 1.00. The van der Waals surface area contributed by atoms with Crippen LogP contribution in [0.1, 0.15) is 32.6 Å². The van der Waals surface area contributed by atoms with Crippen molar-refractivity contribution in [1.29, 1.82) is 0 Å². The summed E-state index contributed by atoms with van der Waals surface area (Å²) in [4.78, 5) is 0. The molecule has 1 aliphatic carbocycles. The molecular weight excluding hydrogens is 204 g/mol. The molecule has 0 radical (unpaired) electrons. The summed E-state index contributed by atoms with van der Waals surface area (Å²) in [6.07, 6.45) is 6.35. The molecule has 2 heteroatoms. The molecule has 0 spiro atoms. The zero-order valence-corrected chi connectivity index (χ0v) is 8.56. The number of fused-ring (bicyclic) bond motifs is 1. The van der Waals surface area contributed by atoms with Gasteiger partial charge in [-0.05, 0) is 26.2 Å². The third-order valence-electron chi connectivity index (χ3n) is 3.18. The minimum Gasteiger partial charge on any atom is -0.375 e. The van der Waals surface area contributed by atoms with E-state index in [4.69, 9.17) is 4.74 Å². The Balaban J connectivity index is 2.15. The van der Waals surface area contributed by atoms with Crippen molar-refractivity contribution in [3.05, 3.63) is 0 Å². The molecule has 1 saturated carbocycles. The van der Waals surface area contributed by atoms with E-state index in [1.807, 2.05) is 0 Å². The summed E-state index contributed by atoms with van der Waals surface area (Å²) in [6.45, 7) is 2.20. The lowest BCUT2D eigenvalue weighted by Gasteiger charge is -2.24. The molecule has 64 valence electrons. The molecule has 0 bridgehead atoms. The number of hydrogen-bond acceptors (Lipinski definition) is 1. The Morgan fingerprint density at radius 3 is 3.09 bits per heavy atom. The average molecular weight is 219 g/mol. The largest absolute Gasteiger partial charge is 0.375 e. The quantitative estimate of drug-likeness (QED) is 0.616. The number of ether oxygens (including phenoxy) is 1. The van der Waals surface area contributed by atoms with Crippen LogP contribution in [0.4, 0.5) is 0 Å². The fourth-order valence-corrected chi connectivity index (χ4v) is 3.53. The Morgan fingerprint density at radius 1 is 1.64 bits per heavy atom. The van der Waals surface area contributed by atoms with Gasteiger partial charge in [-0.1, -0.05) is 22.4 Å². The highest BCUT2D eigenvalue weighted by atomic mass is 79.9. The first kappa shape index (κ1) is 8.06. The monoisotopic (exact) mass is 218 g/mol. The molecule has 1 aliphatic heterocycles. The zero-order chi connectivity index (χ0) is 7.90. The van der Waals surface area contributed by atoms with E-state index in [1.54, 1.807) is 0 Å². The van der Waals surface area contributed by atoms with Crippen LogP contribution in [-0.4, -0.2) is 17.5 Å². The first-order valence-electron chi connectivity index (χ1n) is 4.48. The summed E-state index contributed by atoms with van der Waals surface area (Å²) < 4.78 is 5.85. The van der Waals surface area contributed by atoms with Gasteiger partial charge >= 0.3 is 0 Å². The molecule has 11 heavy (non-hydrogen) atoms. The Hall–Kier alpha value is 0.440. The second kappa shape index (κ2) is 2.74. The van der Waals surface area contributed by atoms with Gasteiger partial charge in [0.05, 0.1) is 12.2 Å². The third-order valence-corrected chi connectivity index (χ3v) is 4.30. The Kier molecular flexibility index (Phi) is 2.00. The van der Waals surface area contributed by atoms with Gasteiger partial charge in [0.15, 0.2) is 0 Å². The van der Waals surface area contributed by atoms with Crippen molar-refractivity contribution in [2.75, 3.05) is 5.33 Å². The molecule has 0 aromatic carbocycles. The third kappa shape index (κ3) is 1.15. The number of halogens is 1. The topological polar surface area (TPSA) is 9.23 Å². The summed E-state index contributed by atoms with van der Waals surface area (Å²) in [5, 5.41) is 1.13. The predicted molar refractivity (Wildman–Crippen MR) is 49.0 cm³/mol. The minimum atomic E-state index is 0.498. The van der Waals surface area contributed by atoms with E-state index in [0.717, 1.165) is 5.33 Å². The average Bonchev–Trinajstić information content (AvgIpc) is 2.43. The van der Waals surface area contributed by atoms with Gasteiger partial charge in [-0.2, -0.15) is 0 Å². The summed E-state index contributed by atoms with van der Waals surface area (Å²) in [5.74, 6) is 0. The molecule has 2 aliphatic rings. The normalized spacial score (nSPS) is 49.6. The van der Waals surface area contributed by atoms with Crippen molar-refractivity contribution in [3.63, 3.8) is 0 Å². The number of hydrogen-bond donors (Lipinski definition) is 0. The highest BCUT2D eigenvalue weighted by Crippen LogP contribution is 2.50. The van der Waals surface area contributed by atoms with Gasteiger partial charge in [0.2, 0.25) is 0 Å². The van der Waals surface area contributed by atoms with E-state index in [9.17, 15) is 0 Å². The zero-order valence-electron chi connectivity index (χ0n) is 6.98. The maximum absolute atomic E-state index is 5.85. The Labute approximate surface area is 76.6 Å². The van der Waals surface area contributed by atoms with Crippen molar-refractivity contribution < 1.29 is 4.74 Å².